The van der Waals surface area contributed by atoms with Gasteiger partial charge in [-0.25, -0.2) is 0 Å². The van der Waals surface area contributed by atoms with Crippen LogP contribution in [0.15, 0.2) is 18.2 Å². The molecule has 0 fully saturated rings. The summed E-state index contributed by atoms with van der Waals surface area (Å²) in [6.07, 6.45) is -4.60. The zero-order chi connectivity index (χ0) is 14.3. The second-order valence-corrected chi connectivity index (χ2v) is 5.37. The SMILES string of the molecule is CC(C)(CC(=O)C(F)(F)F)c1cccc2c1OCC2. The first-order chi connectivity index (χ1) is 8.72. The number of ketones is 1. The summed E-state index contributed by atoms with van der Waals surface area (Å²) in [4.78, 5) is 11.2. The second-order valence-electron chi connectivity index (χ2n) is 5.37. The maximum Gasteiger partial charge on any atom is 0.450 e. The average Bonchev–Trinajstić information content (AvgIpc) is 2.74. The van der Waals surface area contributed by atoms with Gasteiger partial charge in [-0.3, -0.25) is 4.79 Å². The quantitative estimate of drug-likeness (QED) is 0.842. The molecule has 0 aromatic heterocycles. The van der Waals surface area contributed by atoms with Gasteiger partial charge in [-0.2, -0.15) is 13.2 Å². The predicted molar refractivity (Wildman–Crippen MR) is 64.3 cm³/mol. The second kappa shape index (κ2) is 4.54. The third kappa shape index (κ3) is 2.74. The normalized spacial score (nSPS) is 15.0. The molecule has 0 bridgehead atoms. The average molecular weight is 272 g/mol. The van der Waals surface area contributed by atoms with Gasteiger partial charge in [0.2, 0.25) is 5.78 Å². The largest absolute Gasteiger partial charge is 0.493 e. The lowest BCUT2D eigenvalue weighted by atomic mass is 9.79. The molecule has 104 valence electrons. The molecular formula is C14H15F3O2. The maximum atomic E-state index is 12.4. The van der Waals surface area contributed by atoms with Crippen LogP contribution in [0.3, 0.4) is 0 Å². The van der Waals surface area contributed by atoms with Gasteiger partial charge in [0.1, 0.15) is 5.75 Å². The van der Waals surface area contributed by atoms with Crippen molar-refractivity contribution >= 4 is 5.78 Å². The first-order valence-corrected chi connectivity index (χ1v) is 6.07. The fourth-order valence-corrected chi connectivity index (χ4v) is 2.34. The minimum Gasteiger partial charge on any atom is -0.493 e. The molecule has 0 saturated carbocycles. The van der Waals surface area contributed by atoms with Gasteiger partial charge in [0.15, 0.2) is 0 Å². The van der Waals surface area contributed by atoms with Gasteiger partial charge in [0, 0.05) is 23.8 Å². The highest BCUT2D eigenvalue weighted by atomic mass is 19.4. The number of fused-ring (bicyclic) bond motifs is 1. The molecule has 1 aliphatic rings. The van der Waals surface area contributed by atoms with Crippen molar-refractivity contribution in [2.24, 2.45) is 0 Å². The minimum atomic E-state index is -4.78. The van der Waals surface area contributed by atoms with Crippen molar-refractivity contribution in [2.45, 2.75) is 38.3 Å². The van der Waals surface area contributed by atoms with E-state index < -0.39 is 23.8 Å². The lowest BCUT2D eigenvalue weighted by molar-refractivity contribution is -0.172. The number of hydrogen-bond acceptors (Lipinski definition) is 2. The van der Waals surface area contributed by atoms with Crippen LogP contribution < -0.4 is 4.74 Å². The Morgan fingerprint density at radius 2 is 2.00 bits per heavy atom. The molecule has 0 spiro atoms. The Bertz CT molecular complexity index is 504. The number of ether oxygens (including phenoxy) is 1. The number of hydrogen-bond donors (Lipinski definition) is 0. The van der Waals surface area contributed by atoms with E-state index in [1.807, 2.05) is 6.07 Å². The minimum absolute atomic E-state index is 0.537. The van der Waals surface area contributed by atoms with E-state index in [0.717, 1.165) is 12.0 Å². The molecule has 0 aliphatic carbocycles. The van der Waals surface area contributed by atoms with Crippen LogP contribution in [-0.4, -0.2) is 18.6 Å². The molecule has 1 aromatic rings. The van der Waals surface area contributed by atoms with Gasteiger partial charge in [-0.15, -0.1) is 0 Å². The van der Waals surface area contributed by atoms with Crippen LogP contribution in [0, 0.1) is 0 Å². The van der Waals surface area contributed by atoms with Crippen LogP contribution in [0.4, 0.5) is 13.2 Å². The van der Waals surface area contributed by atoms with Gasteiger partial charge in [-0.05, 0) is 5.56 Å². The fourth-order valence-electron chi connectivity index (χ4n) is 2.34. The molecule has 2 nitrogen and oxygen atoms in total. The Morgan fingerprint density at radius 1 is 1.32 bits per heavy atom. The Kier molecular flexibility index (Phi) is 3.32. The van der Waals surface area contributed by atoms with Crippen LogP contribution >= 0.6 is 0 Å². The van der Waals surface area contributed by atoms with Gasteiger partial charge < -0.3 is 4.74 Å². The van der Waals surface area contributed by atoms with Crippen molar-refractivity contribution in [1.82, 2.24) is 0 Å². The predicted octanol–water partition coefficient (Wildman–Crippen LogP) is 3.42. The summed E-state index contributed by atoms with van der Waals surface area (Å²) in [5, 5.41) is 0. The Labute approximate surface area is 109 Å². The Balaban J connectivity index is 2.30. The summed E-state index contributed by atoms with van der Waals surface area (Å²) in [6, 6.07) is 5.42. The van der Waals surface area contributed by atoms with Crippen LogP contribution in [-0.2, 0) is 16.6 Å². The van der Waals surface area contributed by atoms with Crippen LogP contribution in [0.1, 0.15) is 31.4 Å². The highest BCUT2D eigenvalue weighted by Gasteiger charge is 2.42. The van der Waals surface area contributed by atoms with Crippen molar-refractivity contribution < 1.29 is 22.7 Å². The lowest BCUT2D eigenvalue weighted by Gasteiger charge is -2.26. The number of Topliss-reactive ketones (excluding diaryl/α,β-unsaturated/α-hetero) is 1. The monoisotopic (exact) mass is 272 g/mol. The van der Waals surface area contributed by atoms with Crippen molar-refractivity contribution in [2.75, 3.05) is 6.61 Å². The maximum absolute atomic E-state index is 12.4. The van der Waals surface area contributed by atoms with E-state index >= 15 is 0 Å². The van der Waals surface area contributed by atoms with E-state index in [0.29, 0.717) is 17.9 Å². The van der Waals surface area contributed by atoms with Crippen LogP contribution in [0.25, 0.3) is 0 Å². The molecular weight excluding hydrogens is 257 g/mol. The summed E-state index contributed by atoms with van der Waals surface area (Å²) in [5.41, 5.74) is 0.757. The zero-order valence-corrected chi connectivity index (χ0v) is 10.8. The summed E-state index contributed by atoms with van der Waals surface area (Å²) in [5.74, 6) is -1.06. The standard InChI is InChI=1S/C14H15F3O2/c1-13(2,8-11(18)14(15,16)17)10-5-3-4-9-6-7-19-12(9)10/h3-5H,6-8H2,1-2H3. The number of halogens is 3. The molecule has 0 saturated heterocycles. The van der Waals surface area contributed by atoms with Crippen molar-refractivity contribution in [3.8, 4) is 5.75 Å². The van der Waals surface area contributed by atoms with Crippen molar-refractivity contribution in [3.63, 3.8) is 0 Å². The van der Waals surface area contributed by atoms with E-state index in [9.17, 15) is 18.0 Å². The summed E-state index contributed by atoms with van der Waals surface area (Å²) >= 11 is 0. The molecule has 0 radical (unpaired) electrons. The van der Waals surface area contributed by atoms with Gasteiger partial charge >= 0.3 is 6.18 Å². The fraction of sp³-hybridized carbons (Fsp3) is 0.500. The van der Waals surface area contributed by atoms with Crippen LogP contribution in [0.5, 0.6) is 5.75 Å². The first kappa shape index (κ1) is 13.9. The molecule has 19 heavy (non-hydrogen) atoms. The Hall–Kier alpha value is -1.52. The summed E-state index contributed by atoms with van der Waals surface area (Å²) in [7, 11) is 0. The molecule has 5 heteroatoms. The molecule has 0 unspecified atom stereocenters. The van der Waals surface area contributed by atoms with E-state index in [1.54, 1.807) is 26.0 Å². The van der Waals surface area contributed by atoms with Crippen LogP contribution in [0.2, 0.25) is 0 Å². The van der Waals surface area contributed by atoms with Gasteiger partial charge in [0.25, 0.3) is 0 Å². The van der Waals surface area contributed by atoms with Crippen molar-refractivity contribution in [3.05, 3.63) is 29.3 Å². The Morgan fingerprint density at radius 3 is 2.63 bits per heavy atom. The number of carbonyl (C=O) groups excluding carboxylic acids is 1. The first-order valence-electron chi connectivity index (χ1n) is 6.07. The third-order valence-electron chi connectivity index (χ3n) is 3.36. The summed E-state index contributed by atoms with van der Waals surface area (Å²) < 4.78 is 42.7. The molecule has 2 rings (SSSR count). The number of alkyl halides is 3. The highest BCUT2D eigenvalue weighted by molar-refractivity contribution is 5.85. The van der Waals surface area contributed by atoms with Crippen molar-refractivity contribution in [1.29, 1.82) is 0 Å². The van der Waals surface area contributed by atoms with Gasteiger partial charge in [-0.1, -0.05) is 32.0 Å². The molecule has 0 N–H and O–H groups in total. The highest BCUT2D eigenvalue weighted by Crippen LogP contribution is 2.40. The van der Waals surface area contributed by atoms with E-state index in [2.05, 4.69) is 0 Å². The molecule has 0 amide bonds. The zero-order valence-electron chi connectivity index (χ0n) is 10.8. The van der Waals surface area contributed by atoms with E-state index in [-0.39, 0.29) is 0 Å². The van der Waals surface area contributed by atoms with E-state index in [1.165, 1.54) is 0 Å². The number of rotatable bonds is 3. The number of benzene rings is 1. The molecule has 1 heterocycles. The topological polar surface area (TPSA) is 26.3 Å². The third-order valence-corrected chi connectivity index (χ3v) is 3.36. The molecule has 1 aliphatic heterocycles. The number of para-hydroxylation sites is 1. The molecule has 1 aromatic carbocycles. The number of carbonyl (C=O) groups is 1. The smallest absolute Gasteiger partial charge is 0.450 e. The lowest BCUT2D eigenvalue weighted by Crippen LogP contribution is -2.31. The summed E-state index contributed by atoms with van der Waals surface area (Å²) in [6.45, 7) is 3.80. The van der Waals surface area contributed by atoms with E-state index in [4.69, 9.17) is 4.74 Å². The molecule has 0 atom stereocenters. The van der Waals surface area contributed by atoms with Gasteiger partial charge in [0.05, 0.1) is 6.61 Å².